The lowest BCUT2D eigenvalue weighted by Crippen LogP contribution is -2.41. The van der Waals surface area contributed by atoms with Crippen LogP contribution in [0.15, 0.2) is 60.2 Å². The van der Waals surface area contributed by atoms with Gasteiger partial charge in [0.15, 0.2) is 0 Å². The Morgan fingerprint density at radius 2 is 1.86 bits per heavy atom. The summed E-state index contributed by atoms with van der Waals surface area (Å²) < 4.78 is 0. The monoisotopic (exact) mass is 384 g/mol. The summed E-state index contributed by atoms with van der Waals surface area (Å²) in [5.41, 5.74) is 4.39. The number of benzene rings is 1. The van der Waals surface area contributed by atoms with Crippen molar-refractivity contribution in [1.29, 1.82) is 0 Å². The molecule has 0 fully saturated rings. The summed E-state index contributed by atoms with van der Waals surface area (Å²) in [4.78, 5) is 12.2. The van der Waals surface area contributed by atoms with Gasteiger partial charge in [0.2, 0.25) is 0 Å². The van der Waals surface area contributed by atoms with E-state index in [0.29, 0.717) is 12.1 Å². The average molecular weight is 385 g/mol. The Kier molecular flexibility index (Phi) is 11.2. The lowest BCUT2D eigenvalue weighted by molar-refractivity contribution is -0.117. The van der Waals surface area contributed by atoms with Crippen molar-refractivity contribution in [3.63, 3.8) is 0 Å². The third-order valence-corrected chi connectivity index (χ3v) is 4.81. The Bertz CT molecular complexity index is 692. The molecule has 4 heteroatoms. The molecule has 0 saturated carbocycles. The number of rotatable bonds is 12. The van der Waals surface area contributed by atoms with Crippen molar-refractivity contribution in [2.75, 3.05) is 13.1 Å². The van der Waals surface area contributed by atoms with Crippen molar-refractivity contribution >= 4 is 5.91 Å². The van der Waals surface area contributed by atoms with E-state index >= 15 is 0 Å². The SMILES string of the molecule is C=C/C(=C\C=C(\C)CC)C(=O)NCC(O)CNC(C)Cc1ccccc1CC. The maximum absolute atomic E-state index is 12.2. The lowest BCUT2D eigenvalue weighted by Gasteiger charge is -2.19. The van der Waals surface area contributed by atoms with Crippen molar-refractivity contribution < 1.29 is 9.90 Å². The molecule has 28 heavy (non-hydrogen) atoms. The van der Waals surface area contributed by atoms with Gasteiger partial charge in [-0.1, -0.05) is 62.4 Å². The molecule has 0 spiro atoms. The van der Waals surface area contributed by atoms with E-state index in [2.05, 4.69) is 62.2 Å². The molecule has 0 aromatic heterocycles. The van der Waals surface area contributed by atoms with Crippen molar-refractivity contribution in [3.05, 3.63) is 71.3 Å². The summed E-state index contributed by atoms with van der Waals surface area (Å²) in [6, 6.07) is 8.69. The van der Waals surface area contributed by atoms with Crippen LogP contribution in [0.1, 0.15) is 45.2 Å². The van der Waals surface area contributed by atoms with E-state index in [9.17, 15) is 9.90 Å². The molecule has 4 nitrogen and oxygen atoms in total. The van der Waals surface area contributed by atoms with Gasteiger partial charge in [-0.05, 0) is 50.3 Å². The van der Waals surface area contributed by atoms with E-state index in [1.807, 2.05) is 13.0 Å². The molecule has 0 heterocycles. The molecular formula is C24H36N2O2. The summed E-state index contributed by atoms with van der Waals surface area (Å²) in [5.74, 6) is -0.223. The van der Waals surface area contributed by atoms with Gasteiger partial charge in [-0.15, -0.1) is 0 Å². The zero-order valence-corrected chi connectivity index (χ0v) is 17.8. The number of nitrogens with one attached hydrogen (secondary N) is 2. The van der Waals surface area contributed by atoms with E-state index in [-0.39, 0.29) is 18.5 Å². The highest BCUT2D eigenvalue weighted by atomic mass is 16.3. The smallest absolute Gasteiger partial charge is 0.251 e. The van der Waals surface area contributed by atoms with E-state index in [1.165, 1.54) is 22.8 Å². The van der Waals surface area contributed by atoms with Crippen LogP contribution >= 0.6 is 0 Å². The average Bonchev–Trinajstić information content (AvgIpc) is 2.71. The largest absolute Gasteiger partial charge is 0.390 e. The summed E-state index contributed by atoms with van der Waals surface area (Å²) in [5, 5.41) is 16.3. The number of carbonyl (C=O) groups is 1. The maximum Gasteiger partial charge on any atom is 0.251 e. The Balaban J connectivity index is 2.44. The second-order valence-electron chi connectivity index (χ2n) is 7.19. The second-order valence-corrected chi connectivity index (χ2v) is 7.19. The van der Waals surface area contributed by atoms with Gasteiger partial charge in [-0.2, -0.15) is 0 Å². The van der Waals surface area contributed by atoms with E-state index in [4.69, 9.17) is 0 Å². The van der Waals surface area contributed by atoms with Crippen molar-refractivity contribution in [2.45, 2.75) is 59.1 Å². The molecule has 3 N–H and O–H groups in total. The first-order chi connectivity index (χ1) is 13.4. The minimum atomic E-state index is -0.646. The van der Waals surface area contributed by atoms with Crippen LogP contribution < -0.4 is 10.6 Å². The van der Waals surface area contributed by atoms with Crippen LogP contribution in [0.5, 0.6) is 0 Å². The number of hydrogen-bond donors (Lipinski definition) is 3. The molecule has 1 aromatic rings. The van der Waals surface area contributed by atoms with E-state index < -0.39 is 6.10 Å². The molecule has 1 rings (SSSR count). The van der Waals surface area contributed by atoms with Crippen LogP contribution in [0.3, 0.4) is 0 Å². The zero-order chi connectivity index (χ0) is 20.9. The fourth-order valence-electron chi connectivity index (χ4n) is 2.81. The first-order valence-electron chi connectivity index (χ1n) is 10.2. The highest BCUT2D eigenvalue weighted by Gasteiger charge is 2.11. The molecule has 0 radical (unpaired) electrons. The van der Waals surface area contributed by atoms with Gasteiger partial charge < -0.3 is 15.7 Å². The summed E-state index contributed by atoms with van der Waals surface area (Å²) in [6.07, 6.45) is 7.44. The Morgan fingerprint density at radius 3 is 2.46 bits per heavy atom. The first kappa shape index (κ1) is 23.9. The van der Waals surface area contributed by atoms with Crippen molar-refractivity contribution in [1.82, 2.24) is 10.6 Å². The Morgan fingerprint density at radius 1 is 1.18 bits per heavy atom. The van der Waals surface area contributed by atoms with Gasteiger partial charge in [0.25, 0.3) is 5.91 Å². The molecule has 154 valence electrons. The van der Waals surface area contributed by atoms with Gasteiger partial charge in [0, 0.05) is 24.7 Å². The second kappa shape index (κ2) is 13.1. The van der Waals surface area contributed by atoms with E-state index in [1.54, 1.807) is 6.08 Å². The van der Waals surface area contributed by atoms with Crippen LogP contribution in [-0.2, 0) is 17.6 Å². The summed E-state index contributed by atoms with van der Waals surface area (Å²) in [7, 11) is 0. The normalized spacial score (nSPS) is 14.5. The highest BCUT2D eigenvalue weighted by Crippen LogP contribution is 2.11. The Labute approximate surface area is 170 Å². The fraction of sp³-hybridized carbons (Fsp3) is 0.458. The van der Waals surface area contributed by atoms with Crippen LogP contribution in [0.4, 0.5) is 0 Å². The molecule has 0 aliphatic heterocycles. The van der Waals surface area contributed by atoms with Gasteiger partial charge in [0.05, 0.1) is 6.10 Å². The predicted octanol–water partition coefficient (Wildman–Crippen LogP) is 3.72. The van der Waals surface area contributed by atoms with Crippen LogP contribution in [0.25, 0.3) is 0 Å². The molecule has 0 aliphatic rings. The standard InChI is InChI=1S/C24H36N2O2/c1-6-18(4)13-14-21(8-3)24(28)26-17-23(27)16-25-19(5)15-22-12-10-9-11-20(22)7-2/h8-14,19,23,25,27H,3,6-7,15-17H2,1-2,4-5H3,(H,26,28)/b18-13-,21-14+. The Hall–Kier alpha value is -2.17. The van der Waals surface area contributed by atoms with Crippen LogP contribution in [0.2, 0.25) is 0 Å². The predicted molar refractivity (Wildman–Crippen MR) is 118 cm³/mol. The molecule has 1 amide bonds. The topological polar surface area (TPSA) is 61.4 Å². The number of carbonyl (C=O) groups excluding carboxylic acids is 1. The minimum Gasteiger partial charge on any atom is -0.390 e. The fourth-order valence-corrected chi connectivity index (χ4v) is 2.81. The van der Waals surface area contributed by atoms with Crippen molar-refractivity contribution in [3.8, 4) is 0 Å². The van der Waals surface area contributed by atoms with Gasteiger partial charge in [-0.3, -0.25) is 4.79 Å². The number of amides is 1. The van der Waals surface area contributed by atoms with E-state index in [0.717, 1.165) is 19.3 Å². The van der Waals surface area contributed by atoms with Gasteiger partial charge in [-0.25, -0.2) is 0 Å². The first-order valence-corrected chi connectivity index (χ1v) is 10.2. The number of aliphatic hydroxyl groups excluding tert-OH is 1. The molecule has 2 unspecified atom stereocenters. The maximum atomic E-state index is 12.2. The highest BCUT2D eigenvalue weighted by molar-refractivity contribution is 5.96. The van der Waals surface area contributed by atoms with Crippen LogP contribution in [-0.4, -0.2) is 36.2 Å². The molecule has 0 bridgehead atoms. The number of aliphatic hydroxyl groups is 1. The zero-order valence-electron chi connectivity index (χ0n) is 17.8. The number of hydrogen-bond acceptors (Lipinski definition) is 3. The summed E-state index contributed by atoms with van der Waals surface area (Å²) >= 11 is 0. The molecule has 0 aliphatic carbocycles. The quantitative estimate of drug-likeness (QED) is 0.380. The lowest BCUT2D eigenvalue weighted by atomic mass is 9.99. The third-order valence-electron chi connectivity index (χ3n) is 4.81. The third kappa shape index (κ3) is 8.68. The van der Waals surface area contributed by atoms with Gasteiger partial charge in [0.1, 0.15) is 0 Å². The van der Waals surface area contributed by atoms with Crippen molar-refractivity contribution in [2.24, 2.45) is 0 Å². The molecular weight excluding hydrogens is 348 g/mol. The molecule has 0 saturated heterocycles. The van der Waals surface area contributed by atoms with Crippen LogP contribution in [0, 0.1) is 0 Å². The number of allylic oxidation sites excluding steroid dienone is 3. The summed E-state index contributed by atoms with van der Waals surface area (Å²) in [6.45, 7) is 12.7. The molecule has 2 atom stereocenters. The number of aryl methyl sites for hydroxylation is 1. The van der Waals surface area contributed by atoms with Gasteiger partial charge >= 0.3 is 0 Å². The molecule has 1 aromatic carbocycles. The minimum absolute atomic E-state index is 0.200.